The Hall–Kier alpha value is -1.50. The van der Waals surface area contributed by atoms with Crippen LogP contribution in [0.1, 0.15) is 20.8 Å². The number of H-pyrrole nitrogens is 2. The first-order valence-electron chi connectivity index (χ1n) is 6.62. The number of aliphatic hydroxyl groups excluding tert-OH is 1. The smallest absolute Gasteiger partial charge is 0.323 e. The highest BCUT2D eigenvalue weighted by atomic mass is 35.5. The minimum absolute atomic E-state index is 0. The zero-order valence-corrected chi connectivity index (χ0v) is 13.2. The van der Waals surface area contributed by atoms with Crippen molar-refractivity contribution in [2.45, 2.75) is 32.4 Å². The number of aromatic amines is 2. The van der Waals surface area contributed by atoms with Crippen molar-refractivity contribution in [2.75, 3.05) is 13.2 Å². The Morgan fingerprint density at radius 3 is 2.71 bits per heavy atom. The van der Waals surface area contributed by atoms with Gasteiger partial charge in [0.2, 0.25) is 0 Å². The zero-order chi connectivity index (χ0) is 14.8. The number of fused-ring (bicyclic) bond motifs is 1. The largest absolute Gasteiger partial charge is 0.489 e. The highest BCUT2D eigenvalue weighted by Gasteiger charge is 2.13. The maximum absolute atomic E-state index is 11.3. The lowest BCUT2D eigenvalue weighted by Gasteiger charge is -2.23. The third-order valence-corrected chi connectivity index (χ3v) is 2.81. The van der Waals surface area contributed by atoms with Gasteiger partial charge in [-0.3, -0.25) is 0 Å². The van der Waals surface area contributed by atoms with E-state index in [0.29, 0.717) is 23.3 Å². The minimum atomic E-state index is -0.616. The highest BCUT2D eigenvalue weighted by Crippen LogP contribution is 2.20. The van der Waals surface area contributed by atoms with Crippen molar-refractivity contribution < 1.29 is 9.84 Å². The number of β-amino-alcohol motifs (C(OH)–C–C–N with tert-alkyl or cyclic N) is 1. The quantitative estimate of drug-likeness (QED) is 0.671. The number of hydrogen-bond donors (Lipinski definition) is 4. The molecule has 0 aliphatic heterocycles. The molecule has 1 unspecified atom stereocenters. The number of imidazole rings is 1. The fourth-order valence-corrected chi connectivity index (χ4v) is 1.82. The van der Waals surface area contributed by atoms with E-state index in [2.05, 4.69) is 15.3 Å². The standard InChI is InChI=1S/C14H21N3O3.ClH/c1-14(2,3)15-7-9(18)8-20-11-6-4-5-10-12(11)17-13(19)16-10;/h4-6,9,15,18H,7-8H2,1-3H3,(H2,16,17,19);1H. The van der Waals surface area contributed by atoms with E-state index in [1.807, 2.05) is 20.8 Å². The van der Waals surface area contributed by atoms with Gasteiger partial charge in [0.05, 0.1) is 5.52 Å². The second kappa shape index (κ2) is 6.98. The Kier molecular flexibility index (Phi) is 5.83. The molecule has 0 saturated heterocycles. The summed E-state index contributed by atoms with van der Waals surface area (Å²) in [7, 11) is 0. The third kappa shape index (κ3) is 5.08. The fraction of sp³-hybridized carbons (Fsp3) is 0.500. The minimum Gasteiger partial charge on any atom is -0.489 e. The number of halogens is 1. The van der Waals surface area contributed by atoms with Crippen molar-refractivity contribution in [1.82, 2.24) is 15.3 Å². The monoisotopic (exact) mass is 315 g/mol. The van der Waals surface area contributed by atoms with Crippen molar-refractivity contribution in [2.24, 2.45) is 0 Å². The Morgan fingerprint density at radius 1 is 1.33 bits per heavy atom. The summed E-state index contributed by atoms with van der Waals surface area (Å²) in [6.07, 6.45) is -0.616. The predicted molar refractivity (Wildman–Crippen MR) is 85.4 cm³/mol. The third-order valence-electron chi connectivity index (χ3n) is 2.81. The summed E-state index contributed by atoms with van der Waals surface area (Å²) in [5.41, 5.74) is 0.988. The van der Waals surface area contributed by atoms with Crippen LogP contribution in [-0.4, -0.2) is 39.9 Å². The van der Waals surface area contributed by atoms with Gasteiger partial charge in [-0.05, 0) is 32.9 Å². The number of rotatable bonds is 5. The first kappa shape index (κ1) is 17.6. The van der Waals surface area contributed by atoms with Crippen LogP contribution in [0, 0.1) is 0 Å². The van der Waals surface area contributed by atoms with Crippen LogP contribution < -0.4 is 15.7 Å². The lowest BCUT2D eigenvalue weighted by molar-refractivity contribution is 0.101. The molecule has 21 heavy (non-hydrogen) atoms. The molecule has 1 atom stereocenters. The molecule has 1 aromatic heterocycles. The molecule has 0 aliphatic rings. The molecule has 0 aliphatic carbocycles. The van der Waals surface area contributed by atoms with Crippen molar-refractivity contribution in [3.63, 3.8) is 0 Å². The summed E-state index contributed by atoms with van der Waals surface area (Å²) in [4.78, 5) is 16.6. The summed E-state index contributed by atoms with van der Waals surface area (Å²) >= 11 is 0. The Morgan fingerprint density at radius 2 is 2.05 bits per heavy atom. The van der Waals surface area contributed by atoms with E-state index in [-0.39, 0.29) is 30.2 Å². The van der Waals surface area contributed by atoms with Gasteiger partial charge in [-0.15, -0.1) is 12.4 Å². The number of benzene rings is 1. The second-order valence-electron chi connectivity index (χ2n) is 5.85. The van der Waals surface area contributed by atoms with Crippen LogP contribution in [-0.2, 0) is 0 Å². The number of nitrogens with one attached hydrogen (secondary N) is 3. The van der Waals surface area contributed by atoms with Crippen LogP contribution >= 0.6 is 12.4 Å². The molecule has 2 aromatic rings. The molecule has 118 valence electrons. The van der Waals surface area contributed by atoms with Crippen molar-refractivity contribution in [1.29, 1.82) is 0 Å². The molecular weight excluding hydrogens is 294 g/mol. The number of hydrogen-bond acceptors (Lipinski definition) is 4. The Bertz CT molecular complexity index is 630. The zero-order valence-electron chi connectivity index (χ0n) is 12.4. The summed E-state index contributed by atoms with van der Waals surface area (Å²) < 4.78 is 5.58. The van der Waals surface area contributed by atoms with Gasteiger partial charge in [0.25, 0.3) is 0 Å². The summed E-state index contributed by atoms with van der Waals surface area (Å²) in [5, 5.41) is 13.1. The Balaban J connectivity index is 0.00000220. The van der Waals surface area contributed by atoms with Crippen molar-refractivity contribution >= 4 is 23.4 Å². The van der Waals surface area contributed by atoms with Gasteiger partial charge in [0.1, 0.15) is 24.0 Å². The van der Waals surface area contributed by atoms with Crippen LogP contribution in [0.25, 0.3) is 11.0 Å². The topological polar surface area (TPSA) is 90.1 Å². The van der Waals surface area contributed by atoms with E-state index < -0.39 is 6.10 Å². The van der Waals surface area contributed by atoms with Crippen LogP contribution in [0.3, 0.4) is 0 Å². The number of ether oxygens (including phenoxy) is 1. The van der Waals surface area contributed by atoms with E-state index >= 15 is 0 Å². The average Bonchev–Trinajstić information content (AvgIpc) is 2.73. The molecule has 0 bridgehead atoms. The maximum atomic E-state index is 11.3. The van der Waals surface area contributed by atoms with Crippen LogP contribution in [0.4, 0.5) is 0 Å². The Labute approximate surface area is 129 Å². The van der Waals surface area contributed by atoms with E-state index in [1.54, 1.807) is 18.2 Å². The lowest BCUT2D eigenvalue weighted by atomic mass is 10.1. The first-order valence-corrected chi connectivity index (χ1v) is 6.62. The van der Waals surface area contributed by atoms with Crippen molar-refractivity contribution in [3.8, 4) is 5.75 Å². The van der Waals surface area contributed by atoms with Gasteiger partial charge < -0.3 is 25.1 Å². The molecule has 0 amide bonds. The second-order valence-corrected chi connectivity index (χ2v) is 5.85. The van der Waals surface area contributed by atoms with Gasteiger partial charge in [-0.25, -0.2) is 4.79 Å². The number of para-hydroxylation sites is 1. The van der Waals surface area contributed by atoms with Crippen LogP contribution in [0.2, 0.25) is 0 Å². The average molecular weight is 316 g/mol. The molecule has 4 N–H and O–H groups in total. The normalized spacial score (nSPS) is 13.0. The molecule has 1 aromatic carbocycles. The predicted octanol–water partition coefficient (Wildman–Crippen LogP) is 1.41. The number of aliphatic hydroxyl groups is 1. The van der Waals surface area contributed by atoms with E-state index in [1.165, 1.54) is 0 Å². The molecule has 2 rings (SSSR count). The molecule has 0 radical (unpaired) electrons. The van der Waals surface area contributed by atoms with Crippen molar-refractivity contribution in [3.05, 3.63) is 28.7 Å². The van der Waals surface area contributed by atoms with Crippen LogP contribution in [0.15, 0.2) is 23.0 Å². The van der Waals surface area contributed by atoms with Gasteiger partial charge in [-0.2, -0.15) is 0 Å². The van der Waals surface area contributed by atoms with Gasteiger partial charge in [0.15, 0.2) is 0 Å². The van der Waals surface area contributed by atoms with Gasteiger partial charge in [-0.1, -0.05) is 6.07 Å². The van der Waals surface area contributed by atoms with Gasteiger partial charge >= 0.3 is 5.69 Å². The molecule has 6 nitrogen and oxygen atoms in total. The molecule has 1 heterocycles. The fourth-order valence-electron chi connectivity index (χ4n) is 1.82. The van der Waals surface area contributed by atoms with E-state index in [9.17, 15) is 9.90 Å². The molecular formula is C14H22ClN3O3. The SMILES string of the molecule is CC(C)(C)NCC(O)COc1cccc2[nH]c(=O)[nH]c12.Cl. The highest BCUT2D eigenvalue weighted by molar-refractivity contribution is 5.85. The summed E-state index contributed by atoms with van der Waals surface area (Å²) in [6.45, 7) is 6.71. The van der Waals surface area contributed by atoms with Gasteiger partial charge in [0, 0.05) is 12.1 Å². The maximum Gasteiger partial charge on any atom is 0.323 e. The van der Waals surface area contributed by atoms with E-state index in [0.717, 1.165) is 0 Å². The summed E-state index contributed by atoms with van der Waals surface area (Å²) in [5.74, 6) is 0.552. The molecule has 0 saturated carbocycles. The first-order chi connectivity index (χ1) is 9.35. The molecule has 0 fully saturated rings. The summed E-state index contributed by atoms with van der Waals surface area (Å²) in [6, 6.07) is 5.34. The van der Waals surface area contributed by atoms with Crippen LogP contribution in [0.5, 0.6) is 5.75 Å². The molecule has 7 heteroatoms. The lowest BCUT2D eigenvalue weighted by Crippen LogP contribution is -2.42. The van der Waals surface area contributed by atoms with E-state index in [4.69, 9.17) is 4.74 Å². The molecule has 0 spiro atoms. The number of aromatic nitrogens is 2.